The number of rotatable bonds is 24. The minimum absolute atomic E-state index is 0.0771. The van der Waals surface area contributed by atoms with Crippen LogP contribution in [0, 0.1) is 17.8 Å². The third kappa shape index (κ3) is 20.4. The van der Waals surface area contributed by atoms with Crippen molar-refractivity contribution < 1.29 is 47.8 Å². The molecule has 2 rings (SSSR count). The fourth-order valence-electron chi connectivity index (χ4n) is 7.22. The highest BCUT2D eigenvalue weighted by Gasteiger charge is 2.37. The van der Waals surface area contributed by atoms with Gasteiger partial charge in [0.2, 0.25) is 29.5 Å². The predicted octanol–water partition coefficient (Wildman–Crippen LogP) is 5.48. The highest BCUT2D eigenvalue weighted by Crippen LogP contribution is 2.22. The Hall–Kier alpha value is -4.73. The van der Waals surface area contributed by atoms with Gasteiger partial charge in [-0.2, -0.15) is 0 Å². The third-order valence-corrected chi connectivity index (χ3v) is 11.5. The summed E-state index contributed by atoms with van der Waals surface area (Å²) in [6, 6.07) is 3.18. The molecule has 1 aromatic carbocycles. The average Bonchev–Trinajstić information content (AvgIpc) is 3.37. The molecule has 1 fully saturated rings. The largest absolute Gasteiger partial charge is 0.461 e. The highest BCUT2D eigenvalue weighted by molar-refractivity contribution is 5.96. The molecule has 0 radical (unpaired) electrons. The van der Waals surface area contributed by atoms with E-state index in [0.717, 1.165) is 56.9 Å². The molecule has 7 atom stereocenters. The maximum atomic E-state index is 14.3. The number of primary amides is 1. The van der Waals surface area contributed by atoms with E-state index in [1.165, 1.54) is 11.9 Å². The van der Waals surface area contributed by atoms with Crippen LogP contribution < -0.4 is 27.0 Å². The molecule has 0 aliphatic heterocycles. The minimum atomic E-state index is -1.36. The fraction of sp³-hybridized carbons (Fsp3) is 0.729. The zero-order valence-electron chi connectivity index (χ0n) is 40.3. The van der Waals surface area contributed by atoms with E-state index in [9.17, 15) is 33.6 Å². The van der Waals surface area contributed by atoms with Crippen molar-refractivity contribution in [3.63, 3.8) is 0 Å². The summed E-state index contributed by atoms with van der Waals surface area (Å²) >= 11 is 0. The van der Waals surface area contributed by atoms with Gasteiger partial charge < -0.3 is 41.2 Å². The molecule has 16 heteroatoms. The summed E-state index contributed by atoms with van der Waals surface area (Å²) in [6.07, 6.45) is 7.52. The number of likely N-dealkylation sites (N-methyl/N-ethyl adjacent to an activating group) is 1. The van der Waals surface area contributed by atoms with Gasteiger partial charge in [-0.3, -0.25) is 28.9 Å². The van der Waals surface area contributed by atoms with Crippen molar-refractivity contribution in [1.29, 1.82) is 0 Å². The van der Waals surface area contributed by atoms with Gasteiger partial charge in [-0.1, -0.05) is 110 Å². The molecule has 1 aliphatic carbocycles. The molecule has 16 nitrogen and oxygen atoms in total. The Morgan fingerprint density at radius 2 is 1.25 bits per heavy atom. The molecule has 6 N–H and O–H groups in total. The Balaban J connectivity index is 2.41. The second-order valence-corrected chi connectivity index (χ2v) is 18.9. The summed E-state index contributed by atoms with van der Waals surface area (Å²) in [7, 11) is 1.46. The smallest absolute Gasteiger partial charge is 0.410 e. The lowest BCUT2D eigenvalue weighted by Gasteiger charge is -2.32. The molecular formula is C48H80N6O10. The van der Waals surface area contributed by atoms with Gasteiger partial charge in [-0.25, -0.2) is 9.59 Å². The van der Waals surface area contributed by atoms with Gasteiger partial charge in [0.25, 0.3) is 0 Å². The van der Waals surface area contributed by atoms with Crippen LogP contribution in [0.3, 0.4) is 0 Å². The molecular weight excluding hydrogens is 821 g/mol. The van der Waals surface area contributed by atoms with E-state index in [1.807, 2.05) is 65.0 Å². The number of hydrogen-bond donors (Lipinski definition) is 5. The Morgan fingerprint density at radius 3 is 1.80 bits per heavy atom. The molecule has 0 aromatic heterocycles. The SMILES string of the molecule is CC[C@H](C)[C@H](NC(=O)[C@@H](Cc1ccccc1)N(C)C(=O)OC(C)(C)C)C(=O)N[C@@H](COCC(C)C)C(=O)N[C@H](CCC(N)=O)C(=O)N[C@@H](C(=O)OC1CCCCCCCC1)[C@@H](C)CC. The maximum Gasteiger partial charge on any atom is 0.410 e. The molecule has 0 saturated heterocycles. The van der Waals surface area contributed by atoms with E-state index < -0.39 is 83.3 Å². The summed E-state index contributed by atoms with van der Waals surface area (Å²) in [4.78, 5) is 96.9. The molecule has 1 aromatic rings. The number of benzene rings is 1. The molecule has 1 aliphatic rings. The van der Waals surface area contributed by atoms with Crippen LogP contribution in [0.1, 0.15) is 145 Å². The summed E-state index contributed by atoms with van der Waals surface area (Å²) in [5.74, 6) is -4.76. The molecule has 6 amide bonds. The number of amides is 6. The predicted molar refractivity (Wildman–Crippen MR) is 245 cm³/mol. The Morgan fingerprint density at radius 1 is 0.719 bits per heavy atom. The van der Waals surface area contributed by atoms with Gasteiger partial charge in [0.1, 0.15) is 41.9 Å². The van der Waals surface area contributed by atoms with Crippen LogP contribution in [-0.2, 0) is 49.4 Å². The number of hydrogen-bond acceptors (Lipinski definition) is 10. The van der Waals surface area contributed by atoms with Gasteiger partial charge in [0, 0.05) is 26.5 Å². The first kappa shape index (κ1) is 55.4. The summed E-state index contributed by atoms with van der Waals surface area (Å²) in [5, 5.41) is 11.1. The van der Waals surface area contributed by atoms with Gasteiger partial charge >= 0.3 is 12.1 Å². The van der Waals surface area contributed by atoms with Crippen LogP contribution in [0.25, 0.3) is 0 Å². The van der Waals surface area contributed by atoms with Crippen molar-refractivity contribution >= 4 is 41.6 Å². The summed E-state index contributed by atoms with van der Waals surface area (Å²) < 4.78 is 17.4. The second-order valence-electron chi connectivity index (χ2n) is 18.9. The first-order valence-corrected chi connectivity index (χ1v) is 23.4. The molecule has 362 valence electrons. The number of carbonyl (C=O) groups excluding carboxylic acids is 7. The lowest BCUT2D eigenvalue weighted by molar-refractivity contribution is -0.155. The Bertz CT molecular complexity index is 1630. The molecule has 64 heavy (non-hydrogen) atoms. The number of ether oxygens (including phenoxy) is 3. The van der Waals surface area contributed by atoms with E-state index in [-0.39, 0.29) is 50.4 Å². The van der Waals surface area contributed by atoms with E-state index in [0.29, 0.717) is 12.8 Å². The van der Waals surface area contributed by atoms with Crippen molar-refractivity contribution in [3.8, 4) is 0 Å². The molecule has 0 heterocycles. The number of nitrogens with one attached hydrogen (secondary N) is 4. The van der Waals surface area contributed by atoms with Crippen molar-refractivity contribution in [2.24, 2.45) is 23.5 Å². The molecule has 0 spiro atoms. The van der Waals surface area contributed by atoms with Crippen LogP contribution >= 0.6 is 0 Å². The standard InChI is InChI=1S/C48H80N6O10/c1-11-32(5)40(52-44(58)38(28-34-22-18-17-19-23-34)54(10)47(61)64-48(7,8)9)45(59)51-37(30-62-29-31(3)4)43(57)50-36(26-27-39(49)55)42(56)53-41(33(6)12-2)46(60)63-35-24-20-15-13-14-16-21-25-35/h17-19,22-23,31-33,35-38,40-41H,11-16,20-21,24-30H2,1-10H3,(H2,49,55)(H,50,57)(H,51,59)(H,52,58)(H,53,56)/t32-,33-,36+,37-,38+,40-,41+/m0/s1. The number of nitrogens with zero attached hydrogens (tertiary/aromatic N) is 1. The monoisotopic (exact) mass is 901 g/mol. The van der Waals surface area contributed by atoms with Crippen molar-refractivity contribution in [2.45, 2.75) is 188 Å². The van der Waals surface area contributed by atoms with Crippen molar-refractivity contribution in [2.75, 3.05) is 20.3 Å². The van der Waals surface area contributed by atoms with Gasteiger partial charge in [0.05, 0.1) is 6.61 Å². The number of nitrogens with two attached hydrogens (primary N) is 1. The van der Waals surface area contributed by atoms with Crippen LogP contribution in [0.5, 0.6) is 0 Å². The summed E-state index contributed by atoms with van der Waals surface area (Å²) in [5.41, 5.74) is 5.43. The minimum Gasteiger partial charge on any atom is -0.461 e. The van der Waals surface area contributed by atoms with E-state index in [2.05, 4.69) is 21.3 Å². The van der Waals surface area contributed by atoms with E-state index >= 15 is 0 Å². The number of carbonyl (C=O) groups is 7. The summed E-state index contributed by atoms with van der Waals surface area (Å²) in [6.45, 7) is 16.3. The van der Waals surface area contributed by atoms with Crippen molar-refractivity contribution in [1.82, 2.24) is 26.2 Å². The van der Waals surface area contributed by atoms with Crippen LogP contribution in [0.2, 0.25) is 0 Å². The quantitative estimate of drug-likeness (QED) is 0.0822. The van der Waals surface area contributed by atoms with Crippen molar-refractivity contribution in [3.05, 3.63) is 35.9 Å². The highest BCUT2D eigenvalue weighted by atomic mass is 16.6. The normalized spacial score (nSPS) is 17.0. The lowest BCUT2D eigenvalue weighted by atomic mass is 9.96. The zero-order valence-corrected chi connectivity index (χ0v) is 40.3. The second kappa shape index (κ2) is 28.2. The van der Waals surface area contributed by atoms with E-state index in [1.54, 1.807) is 27.7 Å². The zero-order chi connectivity index (χ0) is 48.0. The number of esters is 1. The lowest BCUT2D eigenvalue weighted by Crippen LogP contribution is -2.61. The first-order chi connectivity index (χ1) is 30.2. The first-order valence-electron chi connectivity index (χ1n) is 23.4. The fourth-order valence-corrected chi connectivity index (χ4v) is 7.22. The van der Waals surface area contributed by atoms with E-state index in [4.69, 9.17) is 19.9 Å². The van der Waals surface area contributed by atoms with Gasteiger partial charge in [-0.05, 0) is 76.2 Å². The Kier molecular flexibility index (Phi) is 24.4. The van der Waals surface area contributed by atoms with Gasteiger partial charge in [-0.15, -0.1) is 0 Å². The van der Waals surface area contributed by atoms with Gasteiger partial charge in [0.15, 0.2) is 0 Å². The molecule has 0 unspecified atom stereocenters. The third-order valence-electron chi connectivity index (χ3n) is 11.5. The Labute approximate surface area is 382 Å². The van der Waals surface area contributed by atoms with Crippen LogP contribution in [-0.4, -0.2) is 109 Å². The van der Waals surface area contributed by atoms with Crippen LogP contribution in [0.4, 0.5) is 4.79 Å². The maximum absolute atomic E-state index is 14.3. The topological polar surface area (TPSA) is 225 Å². The average molecular weight is 901 g/mol. The molecule has 1 saturated carbocycles. The molecule has 0 bridgehead atoms. The van der Waals surface area contributed by atoms with Crippen LogP contribution in [0.15, 0.2) is 30.3 Å².